The molecule has 1 aliphatic rings. The van der Waals surface area contributed by atoms with Crippen LogP contribution in [0.2, 0.25) is 0 Å². The van der Waals surface area contributed by atoms with Gasteiger partial charge < -0.3 is 5.32 Å². The molecule has 0 radical (unpaired) electrons. The molecular formula is C17H23N3O2. The molecule has 2 N–H and O–H groups in total. The van der Waals surface area contributed by atoms with Gasteiger partial charge in [-0.1, -0.05) is 13.3 Å². The number of carbonyl (C=O) groups excluding carboxylic acids is 2. The molecule has 2 amide bonds. The number of nitrogens with zero attached hydrogens (tertiary/aromatic N) is 1. The highest BCUT2D eigenvalue weighted by atomic mass is 16.2. The lowest BCUT2D eigenvalue weighted by molar-refractivity contribution is -0.117. The van der Waals surface area contributed by atoms with Crippen LogP contribution in [0.1, 0.15) is 56.3 Å². The van der Waals surface area contributed by atoms with Crippen molar-refractivity contribution in [2.24, 2.45) is 11.0 Å². The molecule has 0 aliphatic heterocycles. The van der Waals surface area contributed by atoms with E-state index in [0.717, 1.165) is 43.5 Å². The zero-order valence-corrected chi connectivity index (χ0v) is 13.2. The average molecular weight is 301 g/mol. The Kier molecular flexibility index (Phi) is 5.69. The van der Waals surface area contributed by atoms with Crippen LogP contribution in [-0.2, 0) is 4.79 Å². The van der Waals surface area contributed by atoms with Crippen LogP contribution in [0, 0.1) is 5.92 Å². The van der Waals surface area contributed by atoms with Crippen molar-refractivity contribution < 1.29 is 9.59 Å². The number of hydrogen-bond donors (Lipinski definition) is 2. The Labute approximate surface area is 131 Å². The van der Waals surface area contributed by atoms with Gasteiger partial charge in [0.1, 0.15) is 0 Å². The van der Waals surface area contributed by atoms with Crippen LogP contribution in [0.3, 0.4) is 0 Å². The van der Waals surface area contributed by atoms with Gasteiger partial charge in [-0.2, -0.15) is 5.10 Å². The molecule has 1 aromatic carbocycles. The SMILES string of the molecule is CCCC/C(C)=N\NC(=O)c1ccc(NC(=O)C2CC2)cc1. The molecule has 0 bridgehead atoms. The number of benzene rings is 1. The fourth-order valence-electron chi connectivity index (χ4n) is 1.99. The zero-order chi connectivity index (χ0) is 15.9. The number of hydrazone groups is 1. The van der Waals surface area contributed by atoms with E-state index in [1.54, 1.807) is 24.3 Å². The molecule has 0 spiro atoms. The molecule has 0 aromatic heterocycles. The molecular weight excluding hydrogens is 278 g/mol. The molecule has 1 fully saturated rings. The third kappa shape index (κ3) is 4.98. The second kappa shape index (κ2) is 7.73. The minimum atomic E-state index is -0.240. The molecule has 1 saturated carbocycles. The van der Waals surface area contributed by atoms with Gasteiger partial charge >= 0.3 is 0 Å². The lowest BCUT2D eigenvalue weighted by Gasteiger charge is -2.06. The summed E-state index contributed by atoms with van der Waals surface area (Å²) in [7, 11) is 0. The summed E-state index contributed by atoms with van der Waals surface area (Å²) in [4.78, 5) is 23.6. The van der Waals surface area contributed by atoms with Crippen LogP contribution in [0.5, 0.6) is 0 Å². The van der Waals surface area contributed by atoms with Gasteiger partial charge in [0.15, 0.2) is 0 Å². The lowest BCUT2D eigenvalue weighted by Crippen LogP contribution is -2.19. The van der Waals surface area contributed by atoms with Crippen molar-refractivity contribution in [2.75, 3.05) is 5.32 Å². The summed E-state index contributed by atoms with van der Waals surface area (Å²) in [6.07, 6.45) is 5.02. The number of rotatable bonds is 7. The molecule has 118 valence electrons. The van der Waals surface area contributed by atoms with Gasteiger partial charge in [0.2, 0.25) is 5.91 Å². The largest absolute Gasteiger partial charge is 0.326 e. The Morgan fingerprint density at radius 3 is 2.50 bits per heavy atom. The summed E-state index contributed by atoms with van der Waals surface area (Å²) >= 11 is 0. The molecule has 22 heavy (non-hydrogen) atoms. The highest BCUT2D eigenvalue weighted by Gasteiger charge is 2.29. The molecule has 0 unspecified atom stereocenters. The minimum absolute atomic E-state index is 0.0633. The van der Waals surface area contributed by atoms with E-state index in [-0.39, 0.29) is 17.7 Å². The van der Waals surface area contributed by atoms with E-state index < -0.39 is 0 Å². The normalized spacial score (nSPS) is 14.5. The number of amides is 2. The first-order valence-corrected chi connectivity index (χ1v) is 7.84. The van der Waals surface area contributed by atoms with E-state index >= 15 is 0 Å². The first kappa shape index (κ1) is 16.2. The first-order valence-electron chi connectivity index (χ1n) is 7.84. The molecule has 2 rings (SSSR count). The maximum atomic E-state index is 12.0. The number of unbranched alkanes of at least 4 members (excludes halogenated alkanes) is 1. The molecule has 0 atom stereocenters. The average Bonchev–Trinajstić information content (AvgIpc) is 3.36. The maximum Gasteiger partial charge on any atom is 0.271 e. The second-order valence-electron chi connectivity index (χ2n) is 5.73. The van der Waals surface area contributed by atoms with Crippen molar-refractivity contribution in [3.05, 3.63) is 29.8 Å². The quantitative estimate of drug-likeness (QED) is 0.599. The van der Waals surface area contributed by atoms with Gasteiger partial charge in [-0.25, -0.2) is 5.43 Å². The highest BCUT2D eigenvalue weighted by molar-refractivity contribution is 5.97. The fraction of sp³-hybridized carbons (Fsp3) is 0.471. The number of carbonyl (C=O) groups is 2. The summed E-state index contributed by atoms with van der Waals surface area (Å²) in [5, 5.41) is 6.93. The third-order valence-electron chi connectivity index (χ3n) is 3.60. The molecule has 0 heterocycles. The Hall–Kier alpha value is -2.17. The van der Waals surface area contributed by atoms with Gasteiger partial charge in [-0.3, -0.25) is 9.59 Å². The van der Waals surface area contributed by atoms with Crippen LogP contribution in [0.15, 0.2) is 29.4 Å². The van der Waals surface area contributed by atoms with E-state index in [4.69, 9.17) is 0 Å². The van der Waals surface area contributed by atoms with Crippen molar-refractivity contribution in [1.82, 2.24) is 5.43 Å². The summed E-state index contributed by atoms with van der Waals surface area (Å²) in [6, 6.07) is 6.86. The van der Waals surface area contributed by atoms with Crippen molar-refractivity contribution in [3.8, 4) is 0 Å². The second-order valence-corrected chi connectivity index (χ2v) is 5.73. The van der Waals surface area contributed by atoms with Crippen LogP contribution >= 0.6 is 0 Å². The van der Waals surface area contributed by atoms with Crippen molar-refractivity contribution in [1.29, 1.82) is 0 Å². The molecule has 0 saturated heterocycles. The number of hydrogen-bond acceptors (Lipinski definition) is 3. The Morgan fingerprint density at radius 2 is 1.91 bits per heavy atom. The Balaban J connectivity index is 1.86. The van der Waals surface area contributed by atoms with Crippen LogP contribution in [-0.4, -0.2) is 17.5 Å². The van der Waals surface area contributed by atoms with Crippen LogP contribution < -0.4 is 10.7 Å². The minimum Gasteiger partial charge on any atom is -0.326 e. The van der Waals surface area contributed by atoms with Gasteiger partial charge in [0, 0.05) is 22.9 Å². The summed E-state index contributed by atoms with van der Waals surface area (Å²) < 4.78 is 0. The van der Waals surface area contributed by atoms with Crippen molar-refractivity contribution >= 4 is 23.2 Å². The maximum absolute atomic E-state index is 12.0. The zero-order valence-electron chi connectivity index (χ0n) is 13.2. The summed E-state index contributed by atoms with van der Waals surface area (Å²) in [5.74, 6) is -0.00678. The topological polar surface area (TPSA) is 70.6 Å². The molecule has 1 aromatic rings. The monoisotopic (exact) mass is 301 g/mol. The van der Waals surface area contributed by atoms with Gasteiger partial charge in [-0.15, -0.1) is 0 Å². The predicted octanol–water partition coefficient (Wildman–Crippen LogP) is 3.33. The highest BCUT2D eigenvalue weighted by Crippen LogP contribution is 2.30. The standard InChI is InChI=1S/C17H23N3O2/c1-3-4-5-12(2)19-20-17(22)14-8-10-15(11-9-14)18-16(21)13-6-7-13/h8-11,13H,3-7H2,1-2H3,(H,18,21)(H,20,22)/b19-12-. The molecule has 5 heteroatoms. The van der Waals surface area contributed by atoms with Gasteiger partial charge in [0.05, 0.1) is 0 Å². The van der Waals surface area contributed by atoms with E-state index in [1.807, 2.05) is 6.92 Å². The summed E-state index contributed by atoms with van der Waals surface area (Å²) in [5.41, 5.74) is 4.72. The van der Waals surface area contributed by atoms with Crippen LogP contribution in [0.4, 0.5) is 5.69 Å². The lowest BCUT2D eigenvalue weighted by atomic mass is 10.2. The smallest absolute Gasteiger partial charge is 0.271 e. The third-order valence-corrected chi connectivity index (χ3v) is 3.60. The van der Waals surface area contributed by atoms with E-state index in [9.17, 15) is 9.59 Å². The molecule has 1 aliphatic carbocycles. The van der Waals surface area contributed by atoms with E-state index in [0.29, 0.717) is 5.56 Å². The van der Waals surface area contributed by atoms with Gasteiger partial charge in [-0.05, 0) is 56.9 Å². The van der Waals surface area contributed by atoms with E-state index in [2.05, 4.69) is 22.8 Å². The van der Waals surface area contributed by atoms with Crippen LogP contribution in [0.25, 0.3) is 0 Å². The first-order chi connectivity index (χ1) is 10.6. The fourth-order valence-corrected chi connectivity index (χ4v) is 1.99. The predicted molar refractivity (Wildman–Crippen MR) is 87.9 cm³/mol. The summed E-state index contributed by atoms with van der Waals surface area (Å²) in [6.45, 7) is 4.03. The van der Waals surface area contributed by atoms with Gasteiger partial charge in [0.25, 0.3) is 5.91 Å². The van der Waals surface area contributed by atoms with E-state index in [1.165, 1.54) is 0 Å². The Morgan fingerprint density at radius 1 is 1.23 bits per heavy atom. The molecule has 5 nitrogen and oxygen atoms in total. The number of anilines is 1. The van der Waals surface area contributed by atoms with Crippen molar-refractivity contribution in [2.45, 2.75) is 46.0 Å². The number of nitrogens with one attached hydrogen (secondary N) is 2. The Bertz CT molecular complexity index is 560. The van der Waals surface area contributed by atoms with Crippen molar-refractivity contribution in [3.63, 3.8) is 0 Å².